The van der Waals surface area contributed by atoms with E-state index in [2.05, 4.69) is 413 Å². The maximum absolute atomic E-state index is 14.6. The number of carbonyl (C=O) groups excluding carboxylic acids is 1. The van der Waals surface area contributed by atoms with E-state index in [1.54, 1.807) is 0 Å². The minimum atomic E-state index is -1.61. The van der Waals surface area contributed by atoms with Gasteiger partial charge < -0.3 is 9.34 Å². The molecule has 0 amide bonds. The summed E-state index contributed by atoms with van der Waals surface area (Å²) in [7, 11) is -1.03. The van der Waals surface area contributed by atoms with Gasteiger partial charge in [0.25, 0.3) is 0 Å². The lowest BCUT2D eigenvalue weighted by Crippen LogP contribution is -2.22. The number of hydrogen-bond donors (Lipinski definition) is 0. The largest absolute Gasteiger partial charge is 0.324 e. The van der Waals surface area contributed by atoms with E-state index in [-0.39, 0.29) is 67.0 Å². The molecule has 0 unspecified atom stereocenters. The molecule has 1 fully saturated rings. The lowest BCUT2D eigenvalue weighted by Gasteiger charge is -2.38. The number of rotatable bonds is 15. The Morgan fingerprint density at radius 2 is 0.406 bits per heavy atom. The third-order valence-electron chi connectivity index (χ3n) is 22.4. The van der Waals surface area contributed by atoms with Gasteiger partial charge in [-0.3, -0.25) is 0 Å². The quantitative estimate of drug-likeness (QED) is 0.0755. The number of benzene rings is 10. The molecule has 1 heterocycles. The Bertz CT molecular complexity index is 3940. The zero-order chi connectivity index (χ0) is 77.2. The molecule has 0 spiro atoms. The van der Waals surface area contributed by atoms with E-state index >= 15 is 0 Å². The predicted octanol–water partition coefficient (Wildman–Crippen LogP) is 28.0. The first-order chi connectivity index (χ1) is 49.4. The SMILES string of the molecule is Cc1cc(C(c2ccc(C(C)(C)C)cc2)c2ccc(C(C)(C)C)cc2)c(N2CCN(c3c(C(c4ccc(C(C)(C)C)cc4)c4ccc(C(C)(C)C)cc4)cc(C)cc3C(c3ccc(C(C)(C)C)cc3)c3ccc(C(C)(C)C)cc3)P2P=C=O)c(C(c2ccc(C(C)(C)C)cc2)c2ccc(C(C)(C)C)cc2)c1. The van der Waals surface area contributed by atoms with Gasteiger partial charge in [0.2, 0.25) is 0 Å². The van der Waals surface area contributed by atoms with Crippen molar-refractivity contribution in [1.82, 2.24) is 0 Å². The highest BCUT2D eigenvalue weighted by molar-refractivity contribution is 8.21. The minimum Gasteiger partial charge on any atom is -0.324 e. The summed E-state index contributed by atoms with van der Waals surface area (Å²) < 4.78 is 5.49. The fourth-order valence-electron chi connectivity index (χ4n) is 15.8. The van der Waals surface area contributed by atoms with Crippen LogP contribution in [0.5, 0.6) is 0 Å². The Morgan fingerprint density at radius 1 is 0.264 bits per heavy atom. The number of nitrogens with zero attached hydrogens (tertiary/aromatic N) is 2. The van der Waals surface area contributed by atoms with Gasteiger partial charge in [-0.15, -0.1) is 0 Å². The fraction of sp³-hybridized carbons (Fsp3) is 0.396. The highest BCUT2D eigenvalue weighted by Gasteiger charge is 2.43. The standard InChI is InChI=1S/C101H122N2OP2/c1-66-61-84(88(68-27-43-76(44-28-68)94(3,4)5)69-29-45-77(46-30-69)95(6,7)8)92(85(62-66)89(70-31-47-78(48-32-70)96(9,10)11)71-33-49-79(50-34-71)97(12,13)14)102-59-60-103(106(102)105-65-104)93-86(90(72-35-51-80(52-36-72)98(15,16)17)73-37-53-81(54-38-73)99(18,19)20)63-67(2)64-87(93)91(74-39-55-82(56-40-74)100(21,22)23)75-41-57-83(58-42-75)101(24,25)26/h27-58,61-64,88-91H,59-60H2,1-26H3. The number of hydrogen-bond acceptors (Lipinski definition) is 3. The van der Waals surface area contributed by atoms with E-state index in [1.807, 2.05) is 0 Å². The Labute approximate surface area is 643 Å². The molecule has 11 rings (SSSR count). The summed E-state index contributed by atoms with van der Waals surface area (Å²) in [5.74, 6) is -0.814. The summed E-state index contributed by atoms with van der Waals surface area (Å²) in [5, 5.41) is 0. The third kappa shape index (κ3) is 17.3. The van der Waals surface area contributed by atoms with E-state index in [0.717, 1.165) is 0 Å². The van der Waals surface area contributed by atoms with E-state index in [4.69, 9.17) is 0 Å². The highest BCUT2D eigenvalue weighted by atomic mass is 32.0. The minimum absolute atomic E-state index is 0.0508. The first-order valence-corrected chi connectivity index (χ1v) is 41.8. The van der Waals surface area contributed by atoms with Gasteiger partial charge in [-0.25, -0.2) is 4.79 Å². The molecule has 0 bridgehead atoms. The summed E-state index contributed by atoms with van der Waals surface area (Å²) in [6, 6.07) is 86.6. The second-order valence-corrected chi connectivity index (χ2v) is 42.6. The maximum Gasteiger partial charge on any atom is 0.163 e. The van der Waals surface area contributed by atoms with Crippen LogP contribution < -0.4 is 9.34 Å². The van der Waals surface area contributed by atoms with Crippen molar-refractivity contribution in [3.63, 3.8) is 0 Å². The third-order valence-corrected chi connectivity index (χ3v) is 26.4. The molecule has 0 aromatic heterocycles. The van der Waals surface area contributed by atoms with Gasteiger partial charge in [0.1, 0.15) is 0 Å². The van der Waals surface area contributed by atoms with Crippen LogP contribution >= 0.6 is 15.8 Å². The second kappa shape index (κ2) is 29.9. The number of aryl methyl sites for hydroxylation is 2. The van der Waals surface area contributed by atoms with Crippen molar-refractivity contribution in [1.29, 1.82) is 0 Å². The van der Waals surface area contributed by atoms with Gasteiger partial charge in [-0.2, -0.15) is 0 Å². The fourth-order valence-corrected chi connectivity index (χ4v) is 19.7. The maximum atomic E-state index is 14.6. The van der Waals surface area contributed by atoms with Crippen molar-refractivity contribution >= 4 is 32.8 Å². The number of anilines is 2. The molecule has 0 aliphatic carbocycles. The molecule has 5 heteroatoms. The smallest absolute Gasteiger partial charge is 0.163 e. The summed E-state index contributed by atoms with van der Waals surface area (Å²) >= 11 is 0. The van der Waals surface area contributed by atoms with Gasteiger partial charge in [0, 0.05) is 36.8 Å². The molecule has 0 atom stereocenters. The lowest BCUT2D eigenvalue weighted by molar-refractivity contribution is 0.572. The molecule has 552 valence electrons. The monoisotopic (exact) mass is 1440 g/mol. The molecule has 0 N–H and O–H groups in total. The summed E-state index contributed by atoms with van der Waals surface area (Å²) in [6.45, 7) is 61.5. The van der Waals surface area contributed by atoms with Gasteiger partial charge in [0.15, 0.2) is 13.6 Å². The highest BCUT2D eigenvalue weighted by Crippen LogP contribution is 2.66. The van der Waals surface area contributed by atoms with Crippen molar-refractivity contribution in [2.45, 2.75) is 247 Å². The molecule has 1 aliphatic rings. The van der Waals surface area contributed by atoms with Crippen LogP contribution in [0.3, 0.4) is 0 Å². The van der Waals surface area contributed by atoms with Crippen LogP contribution in [-0.2, 0) is 48.1 Å². The molecular formula is C101H122N2OP2. The van der Waals surface area contributed by atoms with Gasteiger partial charge in [0.05, 0.1) is 19.3 Å². The average Bonchev–Trinajstić information content (AvgIpc) is 1.39. The van der Waals surface area contributed by atoms with Gasteiger partial charge in [-0.05, 0) is 168 Å². The van der Waals surface area contributed by atoms with E-state index < -0.39 is 7.91 Å². The van der Waals surface area contributed by atoms with E-state index in [0.29, 0.717) is 21.0 Å². The second-order valence-electron chi connectivity index (χ2n) is 39.0. The molecule has 10 aromatic rings. The van der Waals surface area contributed by atoms with Crippen LogP contribution in [0.1, 0.15) is 312 Å². The van der Waals surface area contributed by atoms with Crippen molar-refractivity contribution in [2.24, 2.45) is 0 Å². The Hall–Kier alpha value is -7.89. The zero-order valence-corrected chi connectivity index (χ0v) is 71.0. The Kier molecular flexibility index (Phi) is 22.4. The predicted molar refractivity (Wildman–Crippen MR) is 461 cm³/mol. The molecule has 1 saturated heterocycles. The van der Waals surface area contributed by atoms with E-state index in [9.17, 15) is 4.79 Å². The van der Waals surface area contributed by atoms with Crippen LogP contribution in [0.2, 0.25) is 0 Å². The van der Waals surface area contributed by atoms with Crippen molar-refractivity contribution in [3.05, 3.63) is 341 Å². The Morgan fingerprint density at radius 3 is 0.528 bits per heavy atom. The van der Waals surface area contributed by atoms with Crippen LogP contribution in [0, 0.1) is 13.8 Å². The van der Waals surface area contributed by atoms with Crippen molar-refractivity contribution in [3.8, 4) is 0 Å². The molecule has 3 nitrogen and oxygen atoms in total. The Balaban J connectivity index is 1.29. The average molecular weight is 1440 g/mol. The van der Waals surface area contributed by atoms with Crippen LogP contribution in [-0.4, -0.2) is 18.8 Å². The first kappa shape index (κ1) is 79.2. The van der Waals surface area contributed by atoms with E-state index in [1.165, 1.54) is 134 Å². The molecular weight excluding hydrogens is 1320 g/mol. The normalized spacial score (nSPS) is 14.0. The first-order valence-electron chi connectivity index (χ1n) is 39.0. The zero-order valence-electron chi connectivity index (χ0n) is 69.2. The van der Waals surface area contributed by atoms with Crippen LogP contribution in [0.15, 0.2) is 218 Å². The van der Waals surface area contributed by atoms with Gasteiger partial charge in [-0.1, -0.05) is 396 Å². The molecule has 106 heavy (non-hydrogen) atoms. The summed E-state index contributed by atoms with van der Waals surface area (Å²) in [4.78, 5) is 14.6. The van der Waals surface area contributed by atoms with Gasteiger partial charge >= 0.3 is 0 Å². The molecule has 1 aliphatic heterocycles. The van der Waals surface area contributed by atoms with Crippen molar-refractivity contribution in [2.75, 3.05) is 22.4 Å². The topological polar surface area (TPSA) is 23.6 Å². The molecule has 0 radical (unpaired) electrons. The lowest BCUT2D eigenvalue weighted by atomic mass is 9.76. The van der Waals surface area contributed by atoms with Crippen LogP contribution in [0.25, 0.3) is 0 Å². The summed E-state index contributed by atoms with van der Waals surface area (Å²) in [5.41, 5.74) is 32.2. The molecule has 10 aromatic carbocycles. The summed E-state index contributed by atoms with van der Waals surface area (Å²) in [6.07, 6.45) is 0. The molecule has 0 saturated carbocycles. The van der Waals surface area contributed by atoms with Crippen molar-refractivity contribution < 1.29 is 4.79 Å². The van der Waals surface area contributed by atoms with Crippen LogP contribution in [0.4, 0.5) is 11.4 Å².